The van der Waals surface area contributed by atoms with Gasteiger partial charge in [-0.1, -0.05) is 41.4 Å². The summed E-state index contributed by atoms with van der Waals surface area (Å²) in [6, 6.07) is 22.0. The van der Waals surface area contributed by atoms with E-state index in [4.69, 9.17) is 21.6 Å². The van der Waals surface area contributed by atoms with Crippen LogP contribution in [0.25, 0.3) is 22.3 Å². The highest BCUT2D eigenvalue weighted by Gasteiger charge is 2.10. The molecule has 1 aromatic heterocycles. The van der Waals surface area contributed by atoms with Crippen molar-refractivity contribution >= 4 is 46.4 Å². The zero-order valence-electron chi connectivity index (χ0n) is 15.0. The van der Waals surface area contributed by atoms with Crippen molar-refractivity contribution in [2.24, 2.45) is 0 Å². The van der Waals surface area contributed by atoms with Crippen LogP contribution >= 0.6 is 24.0 Å². The molecule has 0 saturated carbocycles. The normalized spacial score (nSPS) is 10.5. The lowest BCUT2D eigenvalue weighted by atomic mass is 10.1. The number of fused-ring (bicyclic) bond motifs is 1. The highest BCUT2D eigenvalue weighted by molar-refractivity contribution is 6.30. The smallest absolute Gasteiger partial charge is 0.162 e. The molecule has 5 heteroatoms. The van der Waals surface area contributed by atoms with Gasteiger partial charge in [-0.15, -0.1) is 12.4 Å². The fourth-order valence-corrected chi connectivity index (χ4v) is 3.11. The van der Waals surface area contributed by atoms with Gasteiger partial charge in [0.2, 0.25) is 0 Å². The molecule has 0 amide bonds. The van der Waals surface area contributed by atoms with E-state index in [1.54, 1.807) is 0 Å². The van der Waals surface area contributed by atoms with Gasteiger partial charge >= 0.3 is 0 Å². The van der Waals surface area contributed by atoms with Crippen LogP contribution in [0.3, 0.4) is 0 Å². The van der Waals surface area contributed by atoms with Crippen molar-refractivity contribution < 1.29 is 0 Å². The molecule has 0 aliphatic rings. The second-order valence-corrected chi connectivity index (χ2v) is 6.80. The number of aromatic nitrogens is 2. The van der Waals surface area contributed by atoms with Crippen LogP contribution < -0.4 is 5.32 Å². The van der Waals surface area contributed by atoms with Gasteiger partial charge in [-0.05, 0) is 61.9 Å². The summed E-state index contributed by atoms with van der Waals surface area (Å²) >= 11 is 6.01. The molecule has 1 N–H and O–H groups in total. The molecular formula is C22H19Cl2N3. The highest BCUT2D eigenvalue weighted by atomic mass is 35.5. The number of hydrogen-bond donors (Lipinski definition) is 1. The Kier molecular flexibility index (Phi) is 5.64. The number of rotatable bonds is 3. The number of hydrogen-bond acceptors (Lipinski definition) is 3. The molecule has 1 heterocycles. The predicted molar refractivity (Wildman–Crippen MR) is 116 cm³/mol. The molecule has 27 heavy (non-hydrogen) atoms. The summed E-state index contributed by atoms with van der Waals surface area (Å²) in [5, 5.41) is 5.18. The van der Waals surface area contributed by atoms with Crippen LogP contribution in [0.15, 0.2) is 66.7 Å². The highest BCUT2D eigenvalue weighted by Crippen LogP contribution is 2.29. The fraction of sp³-hybridized carbons (Fsp3) is 0.0909. The summed E-state index contributed by atoms with van der Waals surface area (Å²) in [6.45, 7) is 4.19. The topological polar surface area (TPSA) is 37.8 Å². The summed E-state index contributed by atoms with van der Waals surface area (Å²) in [5.74, 6) is 1.47. The minimum absolute atomic E-state index is 0. The fourth-order valence-electron chi connectivity index (χ4n) is 2.98. The number of halogens is 2. The zero-order valence-corrected chi connectivity index (χ0v) is 16.6. The molecule has 0 unspecified atom stereocenters. The van der Waals surface area contributed by atoms with Gasteiger partial charge in [0.15, 0.2) is 5.82 Å². The van der Waals surface area contributed by atoms with Gasteiger partial charge in [0, 0.05) is 21.7 Å². The van der Waals surface area contributed by atoms with E-state index in [1.165, 1.54) is 11.1 Å². The monoisotopic (exact) mass is 395 g/mol. The average molecular weight is 396 g/mol. The van der Waals surface area contributed by atoms with Gasteiger partial charge in [0.25, 0.3) is 0 Å². The third-order valence-electron chi connectivity index (χ3n) is 4.34. The van der Waals surface area contributed by atoms with E-state index in [0.29, 0.717) is 10.8 Å². The summed E-state index contributed by atoms with van der Waals surface area (Å²) in [7, 11) is 0. The average Bonchev–Trinajstić information content (AvgIpc) is 2.64. The molecule has 0 fully saturated rings. The molecule has 0 aliphatic heterocycles. The Morgan fingerprint density at radius 2 is 1.59 bits per heavy atom. The Bertz CT molecular complexity index is 1090. The van der Waals surface area contributed by atoms with Crippen LogP contribution in [-0.2, 0) is 0 Å². The third-order valence-corrected chi connectivity index (χ3v) is 4.59. The van der Waals surface area contributed by atoms with Gasteiger partial charge in [0.1, 0.15) is 5.82 Å². The lowest BCUT2D eigenvalue weighted by molar-refractivity contribution is 1.22. The van der Waals surface area contributed by atoms with Gasteiger partial charge in [-0.3, -0.25) is 0 Å². The van der Waals surface area contributed by atoms with Crippen LogP contribution in [0.1, 0.15) is 11.1 Å². The van der Waals surface area contributed by atoms with Gasteiger partial charge in [0.05, 0.1) is 5.52 Å². The summed E-state index contributed by atoms with van der Waals surface area (Å²) in [5.41, 5.74) is 5.30. The SMILES string of the molecule is Cc1ccc(Nc2nc(-c3ccc(Cl)cc3)nc3ccccc23)c(C)c1.Cl. The molecule has 4 aromatic rings. The van der Waals surface area contributed by atoms with Crippen LogP contribution in [0.4, 0.5) is 11.5 Å². The van der Waals surface area contributed by atoms with Gasteiger partial charge in [-0.2, -0.15) is 0 Å². The molecule has 0 atom stereocenters. The lowest BCUT2D eigenvalue weighted by Gasteiger charge is -2.13. The molecule has 0 spiro atoms. The van der Waals surface area contributed by atoms with Crippen molar-refractivity contribution in [1.82, 2.24) is 9.97 Å². The second-order valence-electron chi connectivity index (χ2n) is 6.36. The van der Waals surface area contributed by atoms with E-state index in [-0.39, 0.29) is 12.4 Å². The van der Waals surface area contributed by atoms with Crippen molar-refractivity contribution in [1.29, 1.82) is 0 Å². The van der Waals surface area contributed by atoms with Crippen molar-refractivity contribution in [3.8, 4) is 11.4 Å². The number of para-hydroxylation sites is 1. The first kappa shape index (κ1) is 19.2. The molecule has 3 aromatic carbocycles. The zero-order chi connectivity index (χ0) is 18.1. The van der Waals surface area contributed by atoms with Gasteiger partial charge < -0.3 is 5.32 Å². The number of nitrogens with zero attached hydrogens (tertiary/aromatic N) is 2. The van der Waals surface area contributed by atoms with E-state index < -0.39 is 0 Å². The summed E-state index contributed by atoms with van der Waals surface area (Å²) in [4.78, 5) is 9.51. The maximum atomic E-state index is 6.01. The first-order valence-electron chi connectivity index (χ1n) is 8.47. The quantitative estimate of drug-likeness (QED) is 0.417. The first-order chi connectivity index (χ1) is 12.6. The summed E-state index contributed by atoms with van der Waals surface area (Å²) in [6.07, 6.45) is 0. The third kappa shape index (κ3) is 4.05. The first-order valence-corrected chi connectivity index (χ1v) is 8.85. The minimum atomic E-state index is 0. The van der Waals surface area contributed by atoms with Crippen LogP contribution in [0, 0.1) is 13.8 Å². The van der Waals surface area contributed by atoms with Crippen LogP contribution in [-0.4, -0.2) is 9.97 Å². The molecular weight excluding hydrogens is 377 g/mol. The van der Waals surface area contributed by atoms with E-state index in [1.807, 2.05) is 48.5 Å². The second kappa shape index (κ2) is 7.95. The van der Waals surface area contributed by atoms with E-state index in [2.05, 4.69) is 37.4 Å². The number of nitrogens with one attached hydrogen (secondary N) is 1. The Balaban J connectivity index is 0.00000210. The standard InChI is InChI=1S/C22H18ClN3.ClH/c1-14-7-12-19(15(2)13-14)24-22-18-5-3-4-6-20(18)25-21(26-22)16-8-10-17(23)11-9-16;/h3-13H,1-2H3,(H,24,25,26);1H. The maximum absolute atomic E-state index is 6.01. The van der Waals surface area contributed by atoms with Crippen molar-refractivity contribution in [3.63, 3.8) is 0 Å². The Morgan fingerprint density at radius 3 is 2.33 bits per heavy atom. The Morgan fingerprint density at radius 1 is 0.852 bits per heavy atom. The molecule has 0 saturated heterocycles. The van der Waals surface area contributed by atoms with Gasteiger partial charge in [-0.25, -0.2) is 9.97 Å². The minimum Gasteiger partial charge on any atom is -0.339 e. The van der Waals surface area contributed by atoms with Crippen molar-refractivity contribution in [2.45, 2.75) is 13.8 Å². The van der Waals surface area contributed by atoms with Crippen molar-refractivity contribution in [3.05, 3.63) is 82.9 Å². The number of anilines is 2. The molecule has 0 aliphatic carbocycles. The molecule has 4 rings (SSSR count). The molecule has 0 bridgehead atoms. The Hall–Kier alpha value is -2.62. The lowest BCUT2D eigenvalue weighted by Crippen LogP contribution is -2.00. The number of benzene rings is 3. The molecule has 3 nitrogen and oxygen atoms in total. The van der Waals surface area contributed by atoms with E-state index in [9.17, 15) is 0 Å². The van der Waals surface area contributed by atoms with Crippen molar-refractivity contribution in [2.75, 3.05) is 5.32 Å². The Labute approximate surface area is 169 Å². The predicted octanol–water partition coefficient (Wildman–Crippen LogP) is 6.73. The summed E-state index contributed by atoms with van der Waals surface area (Å²) < 4.78 is 0. The van der Waals surface area contributed by atoms with E-state index >= 15 is 0 Å². The number of aryl methyl sites for hydroxylation is 2. The molecule has 136 valence electrons. The maximum Gasteiger partial charge on any atom is 0.162 e. The largest absolute Gasteiger partial charge is 0.339 e. The van der Waals surface area contributed by atoms with Crippen LogP contribution in [0.2, 0.25) is 5.02 Å². The van der Waals surface area contributed by atoms with Crippen LogP contribution in [0.5, 0.6) is 0 Å². The van der Waals surface area contributed by atoms with E-state index in [0.717, 1.165) is 28.0 Å². The molecule has 0 radical (unpaired) electrons.